The Morgan fingerprint density at radius 3 is 2.61 bits per heavy atom. The van der Waals surface area contributed by atoms with E-state index >= 15 is 0 Å². The number of pyridine rings is 1. The van der Waals surface area contributed by atoms with E-state index in [-0.39, 0.29) is 16.3 Å². The number of nitrogen functional groups attached to an aromatic ring is 1. The molecule has 6 nitrogen and oxygen atoms in total. The molecular weight excluding hydrogens is 254 g/mol. The molecule has 0 fully saturated rings. The molecule has 1 aromatic carbocycles. The van der Waals surface area contributed by atoms with Crippen LogP contribution >= 0.6 is 0 Å². The van der Waals surface area contributed by atoms with Crippen molar-refractivity contribution in [3.63, 3.8) is 0 Å². The van der Waals surface area contributed by atoms with Gasteiger partial charge in [0, 0.05) is 11.9 Å². The molecule has 0 amide bonds. The predicted molar refractivity (Wildman–Crippen MR) is 66.5 cm³/mol. The first-order chi connectivity index (χ1) is 8.47. The second-order valence-corrected chi connectivity index (χ2v) is 5.07. The van der Waals surface area contributed by atoms with Crippen molar-refractivity contribution in [1.82, 2.24) is 4.98 Å². The highest BCUT2D eigenvalue weighted by Crippen LogP contribution is 2.29. The maximum Gasteiger partial charge on any atom is 0.241 e. The molecule has 4 N–H and O–H groups in total. The minimum absolute atomic E-state index is 0.111. The normalized spacial score (nSPS) is 11.2. The lowest BCUT2D eigenvalue weighted by atomic mass is 10.3. The molecule has 18 heavy (non-hydrogen) atoms. The summed E-state index contributed by atoms with van der Waals surface area (Å²) in [5, 5.41) is 5.10. The van der Waals surface area contributed by atoms with Gasteiger partial charge in [0.25, 0.3) is 0 Å². The molecule has 0 aliphatic rings. The lowest BCUT2D eigenvalue weighted by molar-refractivity contribution is 0.465. The highest BCUT2D eigenvalue weighted by Gasteiger charge is 2.16. The Labute approximate surface area is 104 Å². The number of anilines is 1. The van der Waals surface area contributed by atoms with Crippen molar-refractivity contribution in [3.05, 3.63) is 42.7 Å². The standard InChI is InChI=1S/C11H11N3O3S/c12-8-3-4-10(11(6-8)18(13,15)16)17-9-2-1-5-14-7-9/h1-7H,12H2,(H2,13,15,16). The van der Waals surface area contributed by atoms with Gasteiger partial charge in [-0.1, -0.05) is 0 Å². The fourth-order valence-corrected chi connectivity index (χ4v) is 2.06. The molecule has 0 aliphatic heterocycles. The van der Waals surface area contributed by atoms with Crippen LogP contribution in [-0.2, 0) is 10.0 Å². The van der Waals surface area contributed by atoms with Crippen LogP contribution in [0.1, 0.15) is 0 Å². The topological polar surface area (TPSA) is 108 Å². The Bertz CT molecular complexity index is 656. The Balaban J connectivity index is 2.46. The van der Waals surface area contributed by atoms with E-state index in [1.165, 1.54) is 24.4 Å². The van der Waals surface area contributed by atoms with Crippen LogP contribution in [0, 0.1) is 0 Å². The van der Waals surface area contributed by atoms with Crippen molar-refractivity contribution in [2.45, 2.75) is 4.90 Å². The first-order valence-electron chi connectivity index (χ1n) is 4.97. The van der Waals surface area contributed by atoms with Crippen LogP contribution in [0.25, 0.3) is 0 Å². The second-order valence-electron chi connectivity index (χ2n) is 3.54. The van der Waals surface area contributed by atoms with Crippen molar-refractivity contribution in [2.24, 2.45) is 5.14 Å². The fraction of sp³-hybridized carbons (Fsp3) is 0. The summed E-state index contributed by atoms with van der Waals surface area (Å²) < 4.78 is 28.3. The third-order valence-corrected chi connectivity index (χ3v) is 3.07. The zero-order chi connectivity index (χ0) is 13.2. The van der Waals surface area contributed by atoms with Crippen LogP contribution in [0.15, 0.2) is 47.6 Å². The van der Waals surface area contributed by atoms with Gasteiger partial charge in [0.05, 0.1) is 6.20 Å². The highest BCUT2D eigenvalue weighted by atomic mass is 32.2. The molecule has 0 saturated carbocycles. The second kappa shape index (κ2) is 4.63. The van der Waals surface area contributed by atoms with E-state index in [1.807, 2.05) is 0 Å². The molecule has 7 heteroatoms. The van der Waals surface area contributed by atoms with Gasteiger partial charge in [-0.3, -0.25) is 4.98 Å². The number of nitrogens with two attached hydrogens (primary N) is 2. The SMILES string of the molecule is Nc1ccc(Oc2cccnc2)c(S(N)(=O)=O)c1. The summed E-state index contributed by atoms with van der Waals surface area (Å²) in [6.07, 6.45) is 3.04. The summed E-state index contributed by atoms with van der Waals surface area (Å²) in [5.41, 5.74) is 5.82. The maximum absolute atomic E-state index is 11.4. The van der Waals surface area contributed by atoms with E-state index in [0.717, 1.165) is 0 Å². The van der Waals surface area contributed by atoms with E-state index in [1.54, 1.807) is 18.3 Å². The summed E-state index contributed by atoms with van der Waals surface area (Å²) >= 11 is 0. The van der Waals surface area contributed by atoms with E-state index in [9.17, 15) is 8.42 Å². The molecule has 0 aliphatic carbocycles. The first-order valence-corrected chi connectivity index (χ1v) is 6.51. The molecule has 0 bridgehead atoms. The Morgan fingerprint density at radius 1 is 1.22 bits per heavy atom. The number of hydrogen-bond donors (Lipinski definition) is 2. The van der Waals surface area contributed by atoms with Crippen molar-refractivity contribution in [2.75, 3.05) is 5.73 Å². The van der Waals surface area contributed by atoms with E-state index in [4.69, 9.17) is 15.6 Å². The van der Waals surface area contributed by atoms with Crippen LogP contribution in [0.4, 0.5) is 5.69 Å². The first kappa shape index (κ1) is 12.3. The molecule has 0 saturated heterocycles. The van der Waals surface area contributed by atoms with E-state index in [2.05, 4.69) is 4.98 Å². The lowest BCUT2D eigenvalue weighted by Crippen LogP contribution is -2.13. The van der Waals surface area contributed by atoms with E-state index in [0.29, 0.717) is 5.75 Å². The van der Waals surface area contributed by atoms with Crippen molar-refractivity contribution < 1.29 is 13.2 Å². The molecule has 0 radical (unpaired) electrons. The van der Waals surface area contributed by atoms with Crippen LogP contribution in [0.3, 0.4) is 0 Å². The fourth-order valence-electron chi connectivity index (χ4n) is 1.37. The van der Waals surface area contributed by atoms with Gasteiger partial charge in [0.1, 0.15) is 16.4 Å². The van der Waals surface area contributed by atoms with Crippen molar-refractivity contribution in [3.8, 4) is 11.5 Å². The molecule has 0 spiro atoms. The number of hydrogen-bond acceptors (Lipinski definition) is 5. The summed E-state index contributed by atoms with van der Waals surface area (Å²) in [7, 11) is -3.90. The summed E-state index contributed by atoms with van der Waals surface area (Å²) in [6, 6.07) is 7.54. The molecule has 2 rings (SSSR count). The third kappa shape index (κ3) is 2.76. The minimum atomic E-state index is -3.90. The number of nitrogens with zero attached hydrogens (tertiary/aromatic N) is 1. The predicted octanol–water partition coefficient (Wildman–Crippen LogP) is 1.10. The average molecular weight is 265 g/mol. The largest absolute Gasteiger partial charge is 0.454 e. The zero-order valence-electron chi connectivity index (χ0n) is 9.28. The van der Waals surface area contributed by atoms with Crippen LogP contribution in [0.5, 0.6) is 11.5 Å². The molecule has 94 valence electrons. The molecule has 2 aromatic rings. The number of benzene rings is 1. The summed E-state index contributed by atoms with van der Waals surface area (Å²) in [6.45, 7) is 0. The molecule has 0 atom stereocenters. The zero-order valence-corrected chi connectivity index (χ0v) is 10.1. The number of primary sulfonamides is 1. The van der Waals surface area contributed by atoms with Crippen molar-refractivity contribution >= 4 is 15.7 Å². The molecular formula is C11H11N3O3S. The minimum Gasteiger partial charge on any atom is -0.454 e. The van der Waals surface area contributed by atoms with Gasteiger partial charge < -0.3 is 10.5 Å². The summed E-state index contributed by atoms with van der Waals surface area (Å²) in [4.78, 5) is 3.70. The Morgan fingerprint density at radius 2 is 2.00 bits per heavy atom. The van der Waals surface area contributed by atoms with Crippen molar-refractivity contribution in [1.29, 1.82) is 0 Å². The van der Waals surface area contributed by atoms with Gasteiger partial charge >= 0.3 is 0 Å². The van der Waals surface area contributed by atoms with Crippen LogP contribution < -0.4 is 15.6 Å². The quantitative estimate of drug-likeness (QED) is 0.808. The van der Waals surface area contributed by atoms with Gasteiger partial charge in [-0.2, -0.15) is 0 Å². The monoisotopic (exact) mass is 265 g/mol. The van der Waals surface area contributed by atoms with Gasteiger partial charge in [0.2, 0.25) is 10.0 Å². The highest BCUT2D eigenvalue weighted by molar-refractivity contribution is 7.89. The number of aromatic nitrogens is 1. The van der Waals surface area contributed by atoms with Gasteiger partial charge in [-0.15, -0.1) is 0 Å². The van der Waals surface area contributed by atoms with Gasteiger partial charge in [-0.25, -0.2) is 13.6 Å². The lowest BCUT2D eigenvalue weighted by Gasteiger charge is -2.09. The number of ether oxygens (including phenoxy) is 1. The van der Waals surface area contributed by atoms with Crippen LogP contribution in [-0.4, -0.2) is 13.4 Å². The van der Waals surface area contributed by atoms with Gasteiger partial charge in [0.15, 0.2) is 0 Å². The average Bonchev–Trinajstić information content (AvgIpc) is 2.31. The molecule has 1 aromatic heterocycles. The smallest absolute Gasteiger partial charge is 0.241 e. The molecule has 1 heterocycles. The maximum atomic E-state index is 11.4. The third-order valence-electron chi connectivity index (χ3n) is 2.14. The van der Waals surface area contributed by atoms with Crippen LogP contribution in [0.2, 0.25) is 0 Å². The number of sulfonamides is 1. The number of rotatable bonds is 3. The Hall–Kier alpha value is -2.12. The molecule has 0 unspecified atom stereocenters. The van der Waals surface area contributed by atoms with E-state index < -0.39 is 10.0 Å². The Kier molecular flexibility index (Phi) is 3.17. The van der Waals surface area contributed by atoms with Gasteiger partial charge in [-0.05, 0) is 30.3 Å². The summed E-state index contributed by atoms with van der Waals surface area (Å²) in [5.74, 6) is 0.520.